The van der Waals surface area contributed by atoms with Gasteiger partial charge in [0, 0.05) is 0 Å². The topological polar surface area (TPSA) is 0 Å². The van der Waals surface area contributed by atoms with Crippen LogP contribution in [0.4, 0.5) is 0 Å². The van der Waals surface area contributed by atoms with Crippen molar-refractivity contribution in [1.82, 2.24) is 0 Å². The molecule has 0 radical (unpaired) electrons. The van der Waals surface area contributed by atoms with Gasteiger partial charge in [0.1, 0.15) is 0 Å². The average molecular weight is 465 g/mol. The minimum atomic E-state index is -0.556. The Labute approximate surface area is 187 Å². The van der Waals surface area contributed by atoms with Gasteiger partial charge in [0.2, 0.25) is 0 Å². The van der Waals surface area contributed by atoms with Crippen LogP contribution < -0.4 is 5.30 Å². The van der Waals surface area contributed by atoms with Crippen molar-refractivity contribution in [3.8, 4) is 0 Å². The van der Waals surface area contributed by atoms with Crippen molar-refractivity contribution in [3.05, 3.63) is 78.9 Å². The molecule has 0 atom stereocenters. The summed E-state index contributed by atoms with van der Waals surface area (Å²) < 4.78 is 0. The molecule has 0 amide bonds. The van der Waals surface area contributed by atoms with E-state index in [9.17, 15) is 0 Å². The Hall–Kier alpha value is -0.616. The quantitative estimate of drug-likeness (QED) is 0.158. The van der Waals surface area contributed by atoms with E-state index in [2.05, 4.69) is 92.7 Å². The summed E-state index contributed by atoms with van der Waals surface area (Å²) in [6.07, 6.45) is 5.40. The number of hydrogen-bond donors (Lipinski definition) is 0. The van der Waals surface area contributed by atoms with Crippen molar-refractivity contribution >= 4 is 53.4 Å². The third-order valence-electron chi connectivity index (χ3n) is 4.50. The molecule has 0 saturated carbocycles. The van der Waals surface area contributed by atoms with Crippen LogP contribution in [0.25, 0.3) is 21.5 Å². The molecule has 0 heterocycles. The van der Waals surface area contributed by atoms with Gasteiger partial charge in [-0.25, -0.2) is 0 Å². The summed E-state index contributed by atoms with van der Waals surface area (Å²) >= 11 is -0.556. The van der Waals surface area contributed by atoms with Crippen molar-refractivity contribution < 1.29 is 17.0 Å². The number of hydrogen-bond acceptors (Lipinski definition) is 0. The van der Waals surface area contributed by atoms with Crippen molar-refractivity contribution in [2.24, 2.45) is 0 Å². The van der Waals surface area contributed by atoms with E-state index in [0.717, 1.165) is 0 Å². The van der Waals surface area contributed by atoms with Gasteiger partial charge in [-0.15, -0.1) is 70.0 Å². The van der Waals surface area contributed by atoms with E-state index in [1.54, 1.807) is 5.30 Å². The molecule has 4 aromatic carbocycles. The molecular formula is C24H27Cl2PTi-2. The van der Waals surface area contributed by atoms with Gasteiger partial charge in [-0.2, -0.15) is 23.6 Å². The molecule has 0 saturated heterocycles. The Morgan fingerprint density at radius 3 is 1.96 bits per heavy atom. The summed E-state index contributed by atoms with van der Waals surface area (Å²) in [6, 6.07) is 28.2. The largest absolute Gasteiger partial charge is 0.168 e. The Morgan fingerprint density at radius 2 is 1.39 bits per heavy atom. The summed E-state index contributed by atoms with van der Waals surface area (Å²) in [5.74, 6) is 0. The second-order valence-corrected chi connectivity index (χ2v) is 11.6. The first-order valence-electron chi connectivity index (χ1n) is 9.70. The molecule has 0 aliphatic rings. The molecule has 0 aliphatic carbocycles. The molecule has 4 rings (SSSR count). The van der Waals surface area contributed by atoms with Crippen LogP contribution in [0.2, 0.25) is 0 Å². The number of halogens is 2. The molecule has 28 heavy (non-hydrogen) atoms. The maximum atomic E-state index is 4.89. The second kappa shape index (κ2) is 13.6. The molecule has 0 aliphatic heterocycles. The van der Waals surface area contributed by atoms with Crippen molar-refractivity contribution in [2.45, 2.75) is 26.7 Å². The fourth-order valence-corrected chi connectivity index (χ4v) is 5.76. The summed E-state index contributed by atoms with van der Waals surface area (Å²) in [5, 5.41) is 7.10. The zero-order valence-electron chi connectivity index (χ0n) is 16.5. The van der Waals surface area contributed by atoms with Gasteiger partial charge < -0.3 is 0 Å². The van der Waals surface area contributed by atoms with Crippen LogP contribution in [-0.2, 0) is 17.0 Å². The first-order chi connectivity index (χ1) is 13.7. The van der Waals surface area contributed by atoms with E-state index in [1.807, 2.05) is 0 Å². The molecule has 0 N–H and O–H groups in total. The SMILES string of the molecule is CCCP(CCC)c1cc2ccccc2[cH-]1.[Cl][Ti][Cl].c1ccc2[cH-]ccc2c1. The predicted molar refractivity (Wildman–Crippen MR) is 128 cm³/mol. The van der Waals surface area contributed by atoms with Crippen molar-refractivity contribution in [1.29, 1.82) is 0 Å². The second-order valence-electron chi connectivity index (χ2n) is 6.56. The van der Waals surface area contributed by atoms with Crippen LogP contribution in [0.3, 0.4) is 0 Å². The van der Waals surface area contributed by atoms with Crippen LogP contribution in [0.5, 0.6) is 0 Å². The van der Waals surface area contributed by atoms with E-state index in [0.29, 0.717) is 0 Å². The molecule has 0 spiro atoms. The predicted octanol–water partition coefficient (Wildman–Crippen LogP) is 8.42. The number of rotatable bonds is 5. The minimum absolute atomic E-state index is 0.0972. The fourth-order valence-electron chi connectivity index (χ4n) is 3.30. The standard InChI is InChI=1S/C15H20P.C9H7.2ClH.Ti/c1-3-9-16(10-4-2)15-11-13-7-5-6-8-14(13)12-15;1-2-5-9-7-3-6-8(9)4-1;;;/h5-8,11-12H,3-4,9-10H2,1-2H3;1-7H;2*1H;/q2*-1;;;+2/p-2. The van der Waals surface area contributed by atoms with Gasteiger partial charge >= 0.3 is 35.6 Å². The number of benzene rings is 2. The molecule has 4 aromatic rings. The van der Waals surface area contributed by atoms with E-state index >= 15 is 0 Å². The van der Waals surface area contributed by atoms with Crippen LogP contribution in [-0.4, -0.2) is 12.3 Å². The molecule has 0 fully saturated rings. The fraction of sp³-hybridized carbons (Fsp3) is 0.250. The summed E-state index contributed by atoms with van der Waals surface area (Å²) in [4.78, 5) is 0. The maximum Gasteiger partial charge on any atom is -0.0809 e. The van der Waals surface area contributed by atoms with Gasteiger partial charge in [0.25, 0.3) is 0 Å². The Kier molecular flexibility index (Phi) is 11.5. The molecule has 0 bridgehead atoms. The van der Waals surface area contributed by atoms with Crippen molar-refractivity contribution in [3.63, 3.8) is 0 Å². The normalized spacial score (nSPS) is 10.3. The van der Waals surface area contributed by atoms with Gasteiger partial charge in [-0.3, -0.25) is 0 Å². The third-order valence-corrected chi connectivity index (χ3v) is 7.47. The Morgan fingerprint density at radius 1 is 0.821 bits per heavy atom. The minimum Gasteiger partial charge on any atom is -0.168 e. The molecule has 0 aromatic heterocycles. The maximum absolute atomic E-state index is 4.89. The van der Waals surface area contributed by atoms with Crippen LogP contribution >= 0.6 is 26.5 Å². The van der Waals surface area contributed by atoms with Gasteiger partial charge in [0.05, 0.1) is 0 Å². The smallest absolute Gasteiger partial charge is 0.0809 e. The van der Waals surface area contributed by atoms with Crippen LogP contribution in [0, 0.1) is 0 Å². The van der Waals surface area contributed by atoms with Crippen molar-refractivity contribution in [2.75, 3.05) is 12.3 Å². The molecule has 4 heteroatoms. The van der Waals surface area contributed by atoms with E-state index in [-0.39, 0.29) is 7.92 Å². The van der Waals surface area contributed by atoms with E-state index in [1.165, 1.54) is 46.7 Å². The Balaban J connectivity index is 0.000000196. The van der Waals surface area contributed by atoms with E-state index < -0.39 is 17.0 Å². The molecule has 0 nitrogen and oxygen atoms in total. The zero-order chi connectivity index (χ0) is 20.2. The first-order valence-corrected chi connectivity index (χ1v) is 15.7. The molecular weight excluding hydrogens is 438 g/mol. The van der Waals surface area contributed by atoms with Crippen LogP contribution in [0.1, 0.15) is 26.7 Å². The molecule has 148 valence electrons. The molecule has 0 unspecified atom stereocenters. The van der Waals surface area contributed by atoms with E-state index in [4.69, 9.17) is 18.6 Å². The zero-order valence-corrected chi connectivity index (χ0v) is 20.5. The summed E-state index contributed by atoms with van der Waals surface area (Å²) in [7, 11) is 9.88. The number of fused-ring (bicyclic) bond motifs is 2. The average Bonchev–Trinajstić information content (AvgIpc) is 3.35. The van der Waals surface area contributed by atoms with Gasteiger partial charge in [0.15, 0.2) is 0 Å². The van der Waals surface area contributed by atoms with Crippen LogP contribution in [0.15, 0.2) is 78.9 Å². The Bertz CT molecular complexity index is 859. The van der Waals surface area contributed by atoms with Gasteiger partial charge in [-0.1, -0.05) is 46.7 Å². The monoisotopic (exact) mass is 464 g/mol. The summed E-state index contributed by atoms with van der Waals surface area (Å²) in [6.45, 7) is 4.60. The summed E-state index contributed by atoms with van der Waals surface area (Å²) in [5.41, 5.74) is 0. The first kappa shape index (κ1) is 23.7. The van der Waals surface area contributed by atoms with Gasteiger partial charge in [-0.05, 0) is 12.3 Å². The third kappa shape index (κ3) is 7.33.